The van der Waals surface area contributed by atoms with Crippen LogP contribution in [0.5, 0.6) is 0 Å². The molecule has 0 bridgehead atoms. The summed E-state index contributed by atoms with van der Waals surface area (Å²) >= 11 is 1.98. The van der Waals surface area contributed by atoms with Crippen LogP contribution in [0.4, 0.5) is 0 Å². The van der Waals surface area contributed by atoms with Gasteiger partial charge < -0.3 is 10.2 Å². The van der Waals surface area contributed by atoms with Crippen molar-refractivity contribution in [3.05, 3.63) is 28.0 Å². The molecule has 3 heteroatoms. The van der Waals surface area contributed by atoms with Crippen molar-refractivity contribution in [1.82, 2.24) is 10.2 Å². The quantitative estimate of drug-likeness (QED) is 0.878. The van der Waals surface area contributed by atoms with E-state index >= 15 is 0 Å². The molecule has 0 saturated heterocycles. The first-order valence-electron chi connectivity index (χ1n) is 7.92. The lowest BCUT2D eigenvalue weighted by Crippen LogP contribution is -2.53. The fourth-order valence-electron chi connectivity index (χ4n) is 3.33. The van der Waals surface area contributed by atoms with E-state index in [1.54, 1.807) is 0 Å². The summed E-state index contributed by atoms with van der Waals surface area (Å²) in [6.45, 7) is 10.3. The van der Waals surface area contributed by atoms with Gasteiger partial charge in [0, 0.05) is 20.8 Å². The Morgan fingerprint density at radius 1 is 1.19 bits per heavy atom. The summed E-state index contributed by atoms with van der Waals surface area (Å²) in [6, 6.07) is 4.64. The van der Waals surface area contributed by atoms with Crippen LogP contribution in [0.3, 0.4) is 0 Å². The number of rotatable bonds is 5. The zero-order chi connectivity index (χ0) is 15.7. The molecule has 2 nitrogen and oxygen atoms in total. The second-order valence-corrected chi connectivity index (χ2v) is 8.92. The molecule has 1 aromatic rings. The summed E-state index contributed by atoms with van der Waals surface area (Å²) in [5.74, 6) is 0. The van der Waals surface area contributed by atoms with Crippen molar-refractivity contribution in [3.8, 4) is 0 Å². The van der Waals surface area contributed by atoms with Crippen LogP contribution >= 0.6 is 11.3 Å². The highest BCUT2D eigenvalue weighted by Crippen LogP contribution is 2.36. The molecule has 1 aliphatic heterocycles. The topological polar surface area (TPSA) is 15.3 Å². The van der Waals surface area contributed by atoms with E-state index in [1.165, 1.54) is 34.7 Å². The maximum Gasteiger partial charge on any atom is 0.0318 e. The van der Waals surface area contributed by atoms with Gasteiger partial charge in [0.25, 0.3) is 0 Å². The summed E-state index contributed by atoms with van der Waals surface area (Å²) in [7, 11) is 4.29. The summed E-state index contributed by atoms with van der Waals surface area (Å²) in [5.41, 5.74) is 1.75. The Morgan fingerprint density at radius 3 is 2.52 bits per heavy atom. The van der Waals surface area contributed by atoms with Gasteiger partial charge in [-0.1, -0.05) is 6.08 Å². The lowest BCUT2D eigenvalue weighted by atomic mass is 9.83. The van der Waals surface area contributed by atoms with E-state index in [0.717, 1.165) is 6.42 Å². The number of hydrogen-bond acceptors (Lipinski definition) is 3. The first-order chi connectivity index (χ1) is 9.67. The fraction of sp³-hybridized carbons (Fsp3) is 0.667. The monoisotopic (exact) mass is 306 g/mol. The fourth-order valence-corrected chi connectivity index (χ4v) is 4.39. The molecular formula is C18H30N2S. The molecule has 1 aromatic heterocycles. The summed E-state index contributed by atoms with van der Waals surface area (Å²) in [5, 5.41) is 3.71. The standard InChI is InChI=1S/C18H30N2S/c1-17(2)12-14(13-18(3,4)19-17)16-10-9-15(21-16)8-7-11-20(5)6/h9-10,12,19H,7-8,11,13H2,1-6H3. The highest BCUT2D eigenvalue weighted by molar-refractivity contribution is 7.13. The van der Waals surface area contributed by atoms with Gasteiger partial charge in [-0.2, -0.15) is 0 Å². The third kappa shape index (κ3) is 4.94. The predicted molar refractivity (Wildman–Crippen MR) is 95.1 cm³/mol. The van der Waals surface area contributed by atoms with Crippen molar-refractivity contribution >= 4 is 16.9 Å². The molecule has 0 atom stereocenters. The Balaban J connectivity index is 2.08. The van der Waals surface area contributed by atoms with Gasteiger partial charge in [0.05, 0.1) is 0 Å². The normalized spacial score (nSPS) is 20.6. The molecule has 0 saturated carbocycles. The van der Waals surface area contributed by atoms with E-state index in [2.05, 4.69) is 70.2 Å². The molecule has 1 aliphatic rings. The van der Waals surface area contributed by atoms with Gasteiger partial charge in [-0.25, -0.2) is 0 Å². The van der Waals surface area contributed by atoms with Gasteiger partial charge in [0.1, 0.15) is 0 Å². The van der Waals surface area contributed by atoms with E-state index in [1.807, 2.05) is 11.3 Å². The van der Waals surface area contributed by atoms with E-state index in [9.17, 15) is 0 Å². The molecule has 0 spiro atoms. The zero-order valence-electron chi connectivity index (χ0n) is 14.4. The van der Waals surface area contributed by atoms with Gasteiger partial charge in [0.15, 0.2) is 0 Å². The van der Waals surface area contributed by atoms with E-state index in [0.29, 0.717) is 0 Å². The number of hydrogen-bond donors (Lipinski definition) is 1. The third-order valence-electron chi connectivity index (χ3n) is 3.83. The smallest absolute Gasteiger partial charge is 0.0318 e. The molecule has 0 fully saturated rings. The van der Waals surface area contributed by atoms with Gasteiger partial charge in [-0.15, -0.1) is 11.3 Å². The van der Waals surface area contributed by atoms with Gasteiger partial charge >= 0.3 is 0 Å². The molecule has 0 aliphatic carbocycles. The highest BCUT2D eigenvalue weighted by Gasteiger charge is 2.32. The van der Waals surface area contributed by atoms with Crippen molar-refractivity contribution < 1.29 is 0 Å². The second-order valence-electron chi connectivity index (χ2n) is 7.75. The van der Waals surface area contributed by atoms with Crippen LogP contribution in [0.15, 0.2) is 18.2 Å². The van der Waals surface area contributed by atoms with Crippen LogP contribution in [-0.2, 0) is 6.42 Å². The minimum atomic E-state index is 0.0756. The van der Waals surface area contributed by atoms with Crippen molar-refractivity contribution in [1.29, 1.82) is 0 Å². The molecular weight excluding hydrogens is 276 g/mol. The van der Waals surface area contributed by atoms with Crippen molar-refractivity contribution in [2.75, 3.05) is 20.6 Å². The van der Waals surface area contributed by atoms with E-state index < -0.39 is 0 Å². The molecule has 0 unspecified atom stereocenters. The average molecular weight is 307 g/mol. The van der Waals surface area contributed by atoms with Gasteiger partial charge in [0.2, 0.25) is 0 Å². The molecule has 2 heterocycles. The van der Waals surface area contributed by atoms with Crippen LogP contribution in [0.1, 0.15) is 50.3 Å². The van der Waals surface area contributed by atoms with Crippen LogP contribution in [0.25, 0.3) is 5.57 Å². The Labute approximate surface area is 134 Å². The Kier molecular flexibility index (Phi) is 4.96. The maximum atomic E-state index is 3.71. The lowest BCUT2D eigenvalue weighted by molar-refractivity contribution is 0.297. The summed E-state index contributed by atoms with van der Waals surface area (Å²) in [4.78, 5) is 5.23. The summed E-state index contributed by atoms with van der Waals surface area (Å²) < 4.78 is 0. The molecule has 1 N–H and O–H groups in total. The average Bonchev–Trinajstić information content (AvgIpc) is 2.73. The highest BCUT2D eigenvalue weighted by atomic mass is 32.1. The third-order valence-corrected chi connectivity index (χ3v) is 5.06. The van der Waals surface area contributed by atoms with Crippen LogP contribution in [0, 0.1) is 0 Å². The van der Waals surface area contributed by atoms with Crippen molar-refractivity contribution in [2.24, 2.45) is 0 Å². The zero-order valence-corrected chi connectivity index (χ0v) is 15.2. The molecule has 21 heavy (non-hydrogen) atoms. The molecule has 0 amide bonds. The molecule has 0 radical (unpaired) electrons. The molecule has 0 aromatic carbocycles. The predicted octanol–water partition coefficient (Wildman–Crippen LogP) is 4.18. The second kappa shape index (κ2) is 6.23. The summed E-state index contributed by atoms with van der Waals surface area (Å²) in [6.07, 6.45) is 5.95. The maximum absolute atomic E-state index is 3.71. The molecule has 2 rings (SSSR count). The first kappa shape index (κ1) is 16.7. The number of aryl methyl sites for hydroxylation is 1. The van der Waals surface area contributed by atoms with Gasteiger partial charge in [-0.05, 0) is 85.3 Å². The first-order valence-corrected chi connectivity index (χ1v) is 8.73. The van der Waals surface area contributed by atoms with E-state index in [4.69, 9.17) is 0 Å². The Morgan fingerprint density at radius 2 is 1.90 bits per heavy atom. The largest absolute Gasteiger partial charge is 0.309 e. The lowest BCUT2D eigenvalue weighted by Gasteiger charge is -2.41. The van der Waals surface area contributed by atoms with Crippen LogP contribution < -0.4 is 5.32 Å². The van der Waals surface area contributed by atoms with Crippen LogP contribution in [0.2, 0.25) is 0 Å². The van der Waals surface area contributed by atoms with Crippen LogP contribution in [-0.4, -0.2) is 36.6 Å². The number of nitrogens with one attached hydrogen (secondary N) is 1. The minimum absolute atomic E-state index is 0.0756. The number of nitrogens with zero attached hydrogens (tertiary/aromatic N) is 1. The minimum Gasteiger partial charge on any atom is -0.309 e. The SMILES string of the molecule is CN(C)CCCc1ccc(C2=CC(C)(C)NC(C)(C)C2)s1. The molecule has 118 valence electrons. The van der Waals surface area contributed by atoms with Crippen molar-refractivity contribution in [2.45, 2.75) is 58.0 Å². The van der Waals surface area contributed by atoms with E-state index in [-0.39, 0.29) is 11.1 Å². The van der Waals surface area contributed by atoms with Crippen molar-refractivity contribution in [3.63, 3.8) is 0 Å². The number of thiophene rings is 1. The Hall–Kier alpha value is -0.640. The Bertz CT molecular complexity index is 509. The van der Waals surface area contributed by atoms with Gasteiger partial charge in [-0.3, -0.25) is 0 Å².